The zero-order chi connectivity index (χ0) is 18.5. The number of ether oxygens (including phenoxy) is 1. The van der Waals surface area contributed by atoms with Gasteiger partial charge in [-0.15, -0.1) is 0 Å². The normalized spacial score (nSPS) is 14.6. The van der Waals surface area contributed by atoms with Gasteiger partial charge in [0.2, 0.25) is 0 Å². The Morgan fingerprint density at radius 1 is 1.27 bits per heavy atom. The summed E-state index contributed by atoms with van der Waals surface area (Å²) in [7, 11) is 1.98. The van der Waals surface area contributed by atoms with Gasteiger partial charge in [0.1, 0.15) is 5.82 Å². The number of aryl methyl sites for hydroxylation is 2. The molecule has 0 atom stereocenters. The van der Waals surface area contributed by atoms with Crippen molar-refractivity contribution in [3.05, 3.63) is 51.2 Å². The summed E-state index contributed by atoms with van der Waals surface area (Å²) >= 11 is 0. The second-order valence-electron chi connectivity index (χ2n) is 6.46. The summed E-state index contributed by atoms with van der Waals surface area (Å²) < 4.78 is 7.40. The van der Waals surface area contributed by atoms with Crippen LogP contribution in [0.1, 0.15) is 16.8 Å². The van der Waals surface area contributed by atoms with Gasteiger partial charge in [-0.25, -0.2) is 0 Å². The molecule has 0 spiro atoms. The lowest BCUT2D eigenvalue weighted by Crippen LogP contribution is -2.38. The quantitative estimate of drug-likeness (QED) is 0.461. The van der Waals surface area contributed by atoms with Gasteiger partial charge in [-0.1, -0.05) is 12.1 Å². The molecule has 2 aromatic rings. The van der Waals surface area contributed by atoms with Gasteiger partial charge in [-0.2, -0.15) is 5.10 Å². The second-order valence-corrected chi connectivity index (χ2v) is 6.46. The average molecular weight is 359 g/mol. The molecule has 0 saturated carbocycles. The molecule has 1 aromatic carbocycles. The van der Waals surface area contributed by atoms with Crippen LogP contribution in [-0.2, 0) is 24.8 Å². The molecule has 140 valence electrons. The number of rotatable bonds is 7. The van der Waals surface area contributed by atoms with Crippen molar-refractivity contribution in [2.45, 2.75) is 19.9 Å². The van der Waals surface area contributed by atoms with Crippen molar-refractivity contribution in [3.63, 3.8) is 0 Å². The molecule has 0 amide bonds. The Morgan fingerprint density at radius 3 is 2.62 bits per heavy atom. The number of benzene rings is 1. The van der Waals surface area contributed by atoms with E-state index >= 15 is 0 Å². The van der Waals surface area contributed by atoms with E-state index in [0.29, 0.717) is 0 Å². The molecule has 3 rings (SSSR count). The fourth-order valence-corrected chi connectivity index (χ4v) is 3.30. The van der Waals surface area contributed by atoms with Gasteiger partial charge in [-0.05, 0) is 25.5 Å². The van der Waals surface area contributed by atoms with Crippen LogP contribution >= 0.6 is 0 Å². The highest BCUT2D eigenvalue weighted by molar-refractivity contribution is 5.50. The molecule has 8 nitrogen and oxygen atoms in total. The van der Waals surface area contributed by atoms with Crippen LogP contribution in [0.25, 0.3) is 0 Å². The van der Waals surface area contributed by atoms with Crippen molar-refractivity contribution in [1.29, 1.82) is 0 Å². The topological polar surface area (TPSA) is 85.5 Å². The standard InChI is InChI=1S/C18H25N5O3/c1-14-17(18(21(2)20-14)22-9-11-26-12-10-22)13-19-8-7-15-3-5-16(6-4-15)23(24)25/h3-6,19H,7-13H2,1-2H3. The summed E-state index contributed by atoms with van der Waals surface area (Å²) in [6, 6.07) is 6.73. The smallest absolute Gasteiger partial charge is 0.269 e. The van der Waals surface area contributed by atoms with Gasteiger partial charge in [0.15, 0.2) is 0 Å². The third-order valence-electron chi connectivity index (χ3n) is 4.66. The summed E-state index contributed by atoms with van der Waals surface area (Å²) in [4.78, 5) is 12.7. The van der Waals surface area contributed by atoms with Gasteiger partial charge in [0.25, 0.3) is 5.69 Å². The van der Waals surface area contributed by atoms with Gasteiger partial charge in [0.05, 0.1) is 23.8 Å². The monoisotopic (exact) mass is 359 g/mol. The van der Waals surface area contributed by atoms with Gasteiger partial charge >= 0.3 is 0 Å². The number of hydrogen-bond acceptors (Lipinski definition) is 6. The number of nitro groups is 1. The molecular weight excluding hydrogens is 334 g/mol. The van der Waals surface area contributed by atoms with E-state index in [-0.39, 0.29) is 10.6 Å². The summed E-state index contributed by atoms with van der Waals surface area (Å²) in [5, 5.41) is 18.8. The predicted octanol–water partition coefficient (Wildman–Crippen LogP) is 1.81. The number of aromatic nitrogens is 2. The van der Waals surface area contributed by atoms with Gasteiger partial charge < -0.3 is 15.0 Å². The minimum absolute atomic E-state index is 0.128. The second kappa shape index (κ2) is 8.29. The van der Waals surface area contributed by atoms with Crippen molar-refractivity contribution in [2.24, 2.45) is 7.05 Å². The Balaban J connectivity index is 1.57. The molecule has 8 heteroatoms. The molecule has 0 aliphatic carbocycles. The Labute approximate surface area is 152 Å². The van der Waals surface area contributed by atoms with Gasteiger partial charge in [-0.3, -0.25) is 14.8 Å². The largest absolute Gasteiger partial charge is 0.378 e. The van der Waals surface area contributed by atoms with E-state index in [1.54, 1.807) is 12.1 Å². The first-order valence-corrected chi connectivity index (χ1v) is 8.85. The van der Waals surface area contributed by atoms with Crippen LogP contribution in [0.4, 0.5) is 11.5 Å². The maximum atomic E-state index is 10.7. The van der Waals surface area contributed by atoms with E-state index in [2.05, 4.69) is 15.3 Å². The van der Waals surface area contributed by atoms with E-state index in [4.69, 9.17) is 4.74 Å². The minimum Gasteiger partial charge on any atom is -0.378 e. The van der Waals surface area contributed by atoms with Crippen molar-refractivity contribution >= 4 is 11.5 Å². The Hall–Kier alpha value is -2.45. The molecule has 1 fully saturated rings. The Morgan fingerprint density at radius 2 is 1.96 bits per heavy atom. The molecule has 1 N–H and O–H groups in total. The summed E-state index contributed by atoms with van der Waals surface area (Å²) in [5.41, 5.74) is 3.47. The molecule has 1 aromatic heterocycles. The highest BCUT2D eigenvalue weighted by atomic mass is 16.6. The summed E-state index contributed by atoms with van der Waals surface area (Å²) in [6.07, 6.45) is 0.824. The van der Waals surface area contributed by atoms with Crippen LogP contribution in [-0.4, -0.2) is 47.6 Å². The Bertz CT molecular complexity index is 751. The maximum Gasteiger partial charge on any atom is 0.269 e. The van der Waals surface area contributed by atoms with Crippen LogP contribution in [0.5, 0.6) is 0 Å². The van der Waals surface area contributed by atoms with Crippen LogP contribution in [0.15, 0.2) is 24.3 Å². The number of hydrogen-bond donors (Lipinski definition) is 1. The fraction of sp³-hybridized carbons (Fsp3) is 0.500. The number of anilines is 1. The zero-order valence-electron chi connectivity index (χ0n) is 15.3. The molecule has 26 heavy (non-hydrogen) atoms. The third kappa shape index (κ3) is 4.20. The number of morpholine rings is 1. The van der Waals surface area contributed by atoms with Gasteiger partial charge in [0, 0.05) is 44.4 Å². The van der Waals surface area contributed by atoms with E-state index in [1.165, 1.54) is 5.56 Å². The number of nitrogens with one attached hydrogen (secondary N) is 1. The fourth-order valence-electron chi connectivity index (χ4n) is 3.30. The average Bonchev–Trinajstić information content (AvgIpc) is 2.93. The lowest BCUT2D eigenvalue weighted by Gasteiger charge is -2.29. The molecular formula is C18H25N5O3. The predicted molar refractivity (Wildman–Crippen MR) is 99.5 cm³/mol. The van der Waals surface area contributed by atoms with Crippen molar-refractivity contribution < 1.29 is 9.66 Å². The molecule has 1 aliphatic rings. The van der Waals surface area contributed by atoms with E-state index < -0.39 is 0 Å². The number of nitrogens with zero attached hydrogens (tertiary/aromatic N) is 4. The number of nitro benzene ring substituents is 1. The highest BCUT2D eigenvalue weighted by Gasteiger charge is 2.20. The highest BCUT2D eigenvalue weighted by Crippen LogP contribution is 2.24. The van der Waals surface area contributed by atoms with Crippen LogP contribution in [0.3, 0.4) is 0 Å². The first-order chi connectivity index (χ1) is 12.6. The zero-order valence-corrected chi connectivity index (χ0v) is 15.3. The maximum absolute atomic E-state index is 10.7. The lowest BCUT2D eigenvalue weighted by atomic mass is 10.1. The molecule has 1 saturated heterocycles. The van der Waals surface area contributed by atoms with Crippen LogP contribution in [0.2, 0.25) is 0 Å². The number of non-ortho nitro benzene ring substituents is 1. The van der Waals surface area contributed by atoms with E-state index in [9.17, 15) is 10.1 Å². The summed E-state index contributed by atoms with van der Waals surface area (Å²) in [6.45, 7) is 6.85. The first-order valence-electron chi connectivity index (χ1n) is 8.85. The molecule has 0 radical (unpaired) electrons. The molecule has 1 aliphatic heterocycles. The van der Waals surface area contributed by atoms with E-state index in [0.717, 1.165) is 62.9 Å². The van der Waals surface area contributed by atoms with Crippen LogP contribution < -0.4 is 10.2 Å². The van der Waals surface area contributed by atoms with Crippen molar-refractivity contribution in [1.82, 2.24) is 15.1 Å². The molecule has 0 unspecified atom stereocenters. The first kappa shape index (κ1) is 18.3. The third-order valence-corrected chi connectivity index (χ3v) is 4.66. The van der Waals surface area contributed by atoms with E-state index in [1.807, 2.05) is 30.8 Å². The van der Waals surface area contributed by atoms with Crippen molar-refractivity contribution in [3.8, 4) is 0 Å². The SMILES string of the molecule is Cc1nn(C)c(N2CCOCC2)c1CNCCc1ccc([N+](=O)[O-])cc1. The minimum atomic E-state index is -0.375. The Kier molecular flexibility index (Phi) is 5.85. The summed E-state index contributed by atoms with van der Waals surface area (Å²) in [5.74, 6) is 1.16. The van der Waals surface area contributed by atoms with Crippen LogP contribution in [0, 0.1) is 17.0 Å². The lowest BCUT2D eigenvalue weighted by molar-refractivity contribution is -0.384. The molecule has 0 bridgehead atoms. The molecule has 2 heterocycles. The van der Waals surface area contributed by atoms with Crippen molar-refractivity contribution in [2.75, 3.05) is 37.7 Å².